The number of halogens is 1. The molecule has 2 N–H and O–H groups in total. The molecule has 0 aliphatic carbocycles. The SMILES string of the molecule is CCOc1cc(/C=N\NC(=O)C(=O)NCc2ccc3c(c2)OCO3)cc(I)c1OCC(=O)N1CCOCC1. The molecule has 0 atom stereocenters. The number of carbonyl (C=O) groups excluding carboxylic acids is 3. The van der Waals surface area contributed by atoms with E-state index >= 15 is 0 Å². The molecule has 2 aliphatic heterocycles. The number of fused-ring (bicyclic) bond motifs is 1. The Morgan fingerprint density at radius 1 is 1.08 bits per heavy atom. The second-order valence-corrected chi connectivity index (χ2v) is 9.28. The quantitative estimate of drug-likeness (QED) is 0.182. The first-order chi connectivity index (χ1) is 18.4. The van der Waals surface area contributed by atoms with Crippen LogP contribution in [0.3, 0.4) is 0 Å². The summed E-state index contributed by atoms with van der Waals surface area (Å²) in [7, 11) is 0. The lowest BCUT2D eigenvalue weighted by molar-refractivity contribution is -0.139. The van der Waals surface area contributed by atoms with Crippen LogP contribution < -0.4 is 29.7 Å². The van der Waals surface area contributed by atoms with E-state index in [4.69, 9.17) is 23.7 Å². The number of hydrazone groups is 1. The maximum absolute atomic E-state index is 12.4. The first-order valence-corrected chi connectivity index (χ1v) is 13.0. The second kappa shape index (κ2) is 13.3. The van der Waals surface area contributed by atoms with Crippen molar-refractivity contribution in [3.8, 4) is 23.0 Å². The first kappa shape index (κ1) is 27.4. The van der Waals surface area contributed by atoms with Crippen LogP contribution in [0, 0.1) is 3.57 Å². The molecule has 0 aromatic heterocycles. The van der Waals surface area contributed by atoms with E-state index in [1.54, 1.807) is 35.2 Å². The van der Waals surface area contributed by atoms with Gasteiger partial charge in [-0.25, -0.2) is 5.43 Å². The lowest BCUT2D eigenvalue weighted by Crippen LogP contribution is -2.43. The van der Waals surface area contributed by atoms with Crippen LogP contribution in [-0.2, 0) is 25.7 Å². The number of rotatable bonds is 9. The lowest BCUT2D eigenvalue weighted by Gasteiger charge is -2.27. The van der Waals surface area contributed by atoms with Crippen LogP contribution in [0.2, 0.25) is 0 Å². The molecule has 12 nitrogen and oxygen atoms in total. The average Bonchev–Trinajstić information content (AvgIpc) is 3.40. The molecule has 13 heteroatoms. The van der Waals surface area contributed by atoms with Crippen molar-refractivity contribution < 1.29 is 38.1 Å². The molecule has 1 saturated heterocycles. The molecule has 38 heavy (non-hydrogen) atoms. The highest BCUT2D eigenvalue weighted by Crippen LogP contribution is 2.34. The Balaban J connectivity index is 1.30. The molecular formula is C25H27IN4O8. The Bertz CT molecular complexity index is 1220. The number of ether oxygens (including phenoxy) is 5. The van der Waals surface area contributed by atoms with Gasteiger partial charge in [0, 0.05) is 19.6 Å². The van der Waals surface area contributed by atoms with Crippen LogP contribution >= 0.6 is 22.6 Å². The summed E-state index contributed by atoms with van der Waals surface area (Å²) in [6, 6.07) is 8.68. The highest BCUT2D eigenvalue weighted by Gasteiger charge is 2.20. The maximum atomic E-state index is 12.4. The van der Waals surface area contributed by atoms with Crippen molar-refractivity contribution in [3.05, 3.63) is 45.0 Å². The molecular weight excluding hydrogens is 611 g/mol. The van der Waals surface area contributed by atoms with Gasteiger partial charge in [-0.3, -0.25) is 14.4 Å². The van der Waals surface area contributed by atoms with Crippen molar-refractivity contribution in [2.75, 3.05) is 46.3 Å². The van der Waals surface area contributed by atoms with Crippen molar-refractivity contribution >= 4 is 46.5 Å². The normalized spacial score (nSPS) is 14.3. The molecule has 2 heterocycles. The van der Waals surface area contributed by atoms with E-state index in [0.717, 1.165) is 5.56 Å². The minimum Gasteiger partial charge on any atom is -0.490 e. The Kier molecular flexibility index (Phi) is 9.59. The van der Waals surface area contributed by atoms with Crippen molar-refractivity contribution in [2.24, 2.45) is 5.10 Å². The van der Waals surface area contributed by atoms with Gasteiger partial charge in [0.15, 0.2) is 29.6 Å². The Morgan fingerprint density at radius 2 is 1.87 bits per heavy atom. The number of hydrogen-bond donors (Lipinski definition) is 2. The molecule has 0 bridgehead atoms. The maximum Gasteiger partial charge on any atom is 0.329 e. The van der Waals surface area contributed by atoms with E-state index in [1.807, 2.05) is 6.92 Å². The predicted molar refractivity (Wildman–Crippen MR) is 143 cm³/mol. The van der Waals surface area contributed by atoms with Gasteiger partial charge < -0.3 is 33.9 Å². The van der Waals surface area contributed by atoms with E-state index in [1.165, 1.54) is 6.21 Å². The summed E-state index contributed by atoms with van der Waals surface area (Å²) < 4.78 is 28.0. The van der Waals surface area contributed by atoms with E-state index in [-0.39, 0.29) is 25.9 Å². The van der Waals surface area contributed by atoms with Crippen LogP contribution in [0.5, 0.6) is 23.0 Å². The van der Waals surface area contributed by atoms with Gasteiger partial charge in [-0.1, -0.05) is 6.07 Å². The number of hydrogen-bond acceptors (Lipinski definition) is 9. The van der Waals surface area contributed by atoms with Gasteiger partial charge in [-0.2, -0.15) is 5.10 Å². The molecule has 3 amide bonds. The van der Waals surface area contributed by atoms with Gasteiger partial charge in [0.25, 0.3) is 5.91 Å². The Morgan fingerprint density at radius 3 is 2.66 bits per heavy atom. The average molecular weight is 638 g/mol. The Hall–Kier alpha value is -3.59. The van der Waals surface area contributed by atoms with Crippen molar-refractivity contribution in [3.63, 3.8) is 0 Å². The third kappa shape index (κ3) is 7.25. The number of benzene rings is 2. The van der Waals surface area contributed by atoms with Gasteiger partial charge in [0.2, 0.25) is 6.79 Å². The number of amides is 3. The summed E-state index contributed by atoms with van der Waals surface area (Å²) in [4.78, 5) is 38.4. The topological polar surface area (TPSA) is 137 Å². The zero-order valence-electron chi connectivity index (χ0n) is 20.7. The summed E-state index contributed by atoms with van der Waals surface area (Å²) in [5, 5.41) is 6.41. The van der Waals surface area contributed by atoms with E-state index < -0.39 is 11.8 Å². The van der Waals surface area contributed by atoms with E-state index in [2.05, 4.69) is 38.4 Å². The standard InChI is InChI=1S/C25H27IN4O8/c1-2-35-21-11-17(9-18(26)23(21)36-14-22(31)30-5-7-34-8-6-30)13-28-29-25(33)24(32)27-12-16-3-4-19-20(10-16)38-15-37-19/h3-4,9-11,13H,2,5-8,12,14-15H2,1H3,(H,27,32)(H,29,33)/b28-13-. The molecule has 4 rings (SSSR count). The highest BCUT2D eigenvalue weighted by molar-refractivity contribution is 14.1. The van der Waals surface area contributed by atoms with Gasteiger partial charge in [0.1, 0.15) is 0 Å². The lowest BCUT2D eigenvalue weighted by atomic mass is 10.2. The van der Waals surface area contributed by atoms with Gasteiger partial charge in [-0.05, 0) is 64.9 Å². The monoisotopic (exact) mass is 638 g/mol. The van der Waals surface area contributed by atoms with Crippen LogP contribution in [0.1, 0.15) is 18.1 Å². The smallest absolute Gasteiger partial charge is 0.329 e. The van der Waals surface area contributed by atoms with Gasteiger partial charge in [-0.15, -0.1) is 0 Å². The molecule has 2 aliphatic rings. The van der Waals surface area contributed by atoms with Crippen LogP contribution in [0.25, 0.3) is 0 Å². The molecule has 2 aromatic rings. The summed E-state index contributed by atoms with van der Waals surface area (Å²) >= 11 is 2.08. The van der Waals surface area contributed by atoms with Crippen molar-refractivity contribution in [1.82, 2.24) is 15.6 Å². The zero-order valence-corrected chi connectivity index (χ0v) is 22.8. The summed E-state index contributed by atoms with van der Waals surface area (Å²) in [5.41, 5.74) is 3.57. The number of morpholine rings is 1. The van der Waals surface area contributed by atoms with Crippen LogP contribution in [0.4, 0.5) is 0 Å². The predicted octanol–water partition coefficient (Wildman–Crippen LogP) is 1.42. The van der Waals surface area contributed by atoms with Crippen LogP contribution in [-0.4, -0.2) is 75.1 Å². The first-order valence-electron chi connectivity index (χ1n) is 11.9. The molecule has 202 valence electrons. The molecule has 0 saturated carbocycles. The summed E-state index contributed by atoms with van der Waals surface area (Å²) in [6.45, 7) is 4.48. The second-order valence-electron chi connectivity index (χ2n) is 8.11. The largest absolute Gasteiger partial charge is 0.490 e. The third-order valence-corrected chi connectivity index (χ3v) is 6.31. The molecule has 1 fully saturated rings. The number of carbonyl (C=O) groups is 3. The van der Waals surface area contributed by atoms with Gasteiger partial charge in [0.05, 0.1) is 29.6 Å². The molecule has 0 unspecified atom stereocenters. The van der Waals surface area contributed by atoms with E-state index in [0.29, 0.717) is 65.0 Å². The van der Waals surface area contributed by atoms with E-state index in [9.17, 15) is 14.4 Å². The highest BCUT2D eigenvalue weighted by atomic mass is 127. The third-order valence-electron chi connectivity index (χ3n) is 5.51. The van der Waals surface area contributed by atoms with Crippen molar-refractivity contribution in [1.29, 1.82) is 0 Å². The fourth-order valence-electron chi connectivity index (χ4n) is 3.63. The summed E-state index contributed by atoms with van der Waals surface area (Å²) in [5.74, 6) is 0.224. The van der Waals surface area contributed by atoms with Crippen molar-refractivity contribution in [2.45, 2.75) is 13.5 Å². The minimum atomic E-state index is -0.914. The Labute approximate surface area is 232 Å². The fraction of sp³-hybridized carbons (Fsp3) is 0.360. The fourth-order valence-corrected chi connectivity index (χ4v) is 4.41. The van der Waals surface area contributed by atoms with Crippen LogP contribution in [0.15, 0.2) is 35.4 Å². The summed E-state index contributed by atoms with van der Waals surface area (Å²) in [6.07, 6.45) is 1.39. The number of nitrogens with one attached hydrogen (secondary N) is 2. The molecule has 2 aromatic carbocycles. The number of nitrogens with zero attached hydrogens (tertiary/aromatic N) is 2. The van der Waals surface area contributed by atoms with Gasteiger partial charge >= 0.3 is 11.8 Å². The minimum absolute atomic E-state index is 0.124. The molecule has 0 radical (unpaired) electrons. The molecule has 0 spiro atoms. The zero-order chi connectivity index (χ0) is 26.9.